The molecule has 5 nitrogen and oxygen atoms in total. The number of hydrogen-bond donors (Lipinski definition) is 0. The van der Waals surface area contributed by atoms with Crippen LogP contribution in [0.5, 0.6) is 0 Å². The van der Waals surface area contributed by atoms with E-state index in [4.69, 9.17) is 13.1 Å². The summed E-state index contributed by atoms with van der Waals surface area (Å²) in [6.45, 7) is 15.7. The first kappa shape index (κ1) is 30.7. The van der Waals surface area contributed by atoms with Gasteiger partial charge in [-0.15, -0.1) is 0 Å². The van der Waals surface area contributed by atoms with Gasteiger partial charge in [0.15, 0.2) is 5.69 Å². The maximum atomic E-state index is 8.13. The van der Waals surface area contributed by atoms with Gasteiger partial charge >= 0.3 is 0 Å². The third-order valence-corrected chi connectivity index (χ3v) is 11.1. The zero-order valence-electron chi connectivity index (χ0n) is 29.5. The summed E-state index contributed by atoms with van der Waals surface area (Å²) in [6, 6.07) is 61.6. The molecular weight excluding hydrogens is 671 g/mol. The third kappa shape index (κ3) is 4.51. The molecule has 55 heavy (non-hydrogen) atoms. The second kappa shape index (κ2) is 11.8. The van der Waals surface area contributed by atoms with Crippen LogP contribution in [0.3, 0.4) is 0 Å². The van der Waals surface area contributed by atoms with Crippen molar-refractivity contribution in [1.82, 2.24) is 13.7 Å². The van der Waals surface area contributed by atoms with Gasteiger partial charge in [-0.1, -0.05) is 103 Å². The summed E-state index contributed by atoms with van der Waals surface area (Å²) >= 11 is 0. The van der Waals surface area contributed by atoms with Crippen LogP contribution >= 0.6 is 0 Å². The summed E-state index contributed by atoms with van der Waals surface area (Å²) in [5.41, 5.74) is 12.9. The SMILES string of the molecule is [C-]#[N+]c1ccc2c(c1)c1ccccc1n2-c1cc(-c2cccc(-n3c4ccccc4c4cc(-n5c6ccccc6c6ccccc65)ccc43)c2)ccc1[N+]#[C-]. The predicted octanol–water partition coefficient (Wildman–Crippen LogP) is 13.7. The number of nitrogens with zero attached hydrogens (tertiary/aromatic N) is 5. The lowest BCUT2D eigenvalue weighted by atomic mass is 10.0. The summed E-state index contributed by atoms with van der Waals surface area (Å²) in [5.74, 6) is 0. The van der Waals surface area contributed by atoms with Crippen LogP contribution in [0.4, 0.5) is 11.4 Å². The molecule has 0 aliphatic heterocycles. The maximum absolute atomic E-state index is 8.13. The van der Waals surface area contributed by atoms with Gasteiger partial charge in [-0.25, -0.2) is 9.69 Å². The van der Waals surface area contributed by atoms with Crippen molar-refractivity contribution < 1.29 is 0 Å². The lowest BCUT2D eigenvalue weighted by Crippen LogP contribution is -1.97. The summed E-state index contributed by atoms with van der Waals surface area (Å²) in [6.07, 6.45) is 0. The van der Waals surface area contributed by atoms with E-state index < -0.39 is 0 Å². The molecule has 3 aromatic heterocycles. The first-order valence-corrected chi connectivity index (χ1v) is 18.3. The fourth-order valence-electron chi connectivity index (χ4n) is 8.67. The van der Waals surface area contributed by atoms with E-state index >= 15 is 0 Å². The smallest absolute Gasteiger partial charge is 0.210 e. The van der Waals surface area contributed by atoms with Gasteiger partial charge in [0, 0.05) is 38.3 Å². The predicted molar refractivity (Wildman–Crippen MR) is 227 cm³/mol. The van der Waals surface area contributed by atoms with Gasteiger partial charge in [0.2, 0.25) is 5.69 Å². The highest BCUT2D eigenvalue weighted by molar-refractivity contribution is 6.13. The number of fused-ring (bicyclic) bond motifs is 9. The van der Waals surface area contributed by atoms with E-state index in [1.807, 2.05) is 42.5 Å². The molecule has 5 heteroatoms. The molecule has 0 radical (unpaired) electrons. The number of benzene rings is 8. The Balaban J connectivity index is 1.09. The zero-order chi connectivity index (χ0) is 36.6. The van der Waals surface area contributed by atoms with Crippen LogP contribution in [0.25, 0.3) is 103 Å². The van der Waals surface area contributed by atoms with Crippen molar-refractivity contribution >= 4 is 76.8 Å². The van der Waals surface area contributed by atoms with Crippen LogP contribution in [-0.2, 0) is 0 Å². The summed E-state index contributed by atoms with van der Waals surface area (Å²) in [7, 11) is 0. The van der Waals surface area contributed by atoms with Crippen LogP contribution in [0.2, 0.25) is 0 Å². The Labute approximate surface area is 316 Å². The average Bonchev–Trinajstić information content (AvgIpc) is 3.88. The first-order valence-electron chi connectivity index (χ1n) is 18.3. The van der Waals surface area contributed by atoms with Crippen molar-refractivity contribution in [2.75, 3.05) is 0 Å². The number of aromatic nitrogens is 3. The van der Waals surface area contributed by atoms with Gasteiger partial charge in [-0.2, -0.15) is 0 Å². The van der Waals surface area contributed by atoms with E-state index in [1.165, 1.54) is 32.6 Å². The molecule has 3 heterocycles. The maximum Gasteiger partial charge on any atom is 0.210 e. The van der Waals surface area contributed by atoms with Crippen LogP contribution < -0.4 is 0 Å². The molecule has 8 aromatic carbocycles. The molecule has 0 amide bonds. The molecule has 11 rings (SSSR count). The number of rotatable bonds is 4. The minimum Gasteiger partial charge on any atom is -0.319 e. The molecule has 0 saturated carbocycles. The van der Waals surface area contributed by atoms with Gasteiger partial charge in [0.25, 0.3) is 0 Å². The Kier molecular flexibility index (Phi) is 6.61. The highest BCUT2D eigenvalue weighted by atomic mass is 15.0. The number of hydrogen-bond acceptors (Lipinski definition) is 0. The molecular formula is C50H29N5. The minimum absolute atomic E-state index is 0.568. The molecule has 0 saturated heterocycles. The standard InChI is InChI=1S/C50H29N5/c1-51-34-23-26-49-41(30-34)39-16-6-10-21-47(39)55(49)50-29-33(22-25-43(50)52-2)32-12-11-13-35(28-32)53-46-20-9-5-17-40(46)42-31-36(24-27-48(42)53)54-44-18-7-3-14-37(44)38-15-4-8-19-45(38)54/h3-31H. The second-order valence-electron chi connectivity index (χ2n) is 14.0. The minimum atomic E-state index is 0.568. The van der Waals surface area contributed by atoms with E-state index in [0.717, 1.165) is 61.0 Å². The first-order chi connectivity index (χ1) is 27.2. The highest BCUT2D eigenvalue weighted by Crippen LogP contribution is 2.41. The Hall–Kier alpha value is -7.86. The van der Waals surface area contributed by atoms with E-state index in [0.29, 0.717) is 11.4 Å². The Bertz CT molecular complexity index is 3420. The molecule has 0 spiro atoms. The normalized spacial score (nSPS) is 11.6. The van der Waals surface area contributed by atoms with Crippen molar-refractivity contribution in [3.8, 4) is 28.2 Å². The summed E-state index contributed by atoms with van der Waals surface area (Å²) in [5, 5.41) is 6.94. The quantitative estimate of drug-likeness (QED) is 0.163. The fourth-order valence-corrected chi connectivity index (χ4v) is 8.67. The van der Waals surface area contributed by atoms with Crippen LogP contribution in [0.1, 0.15) is 0 Å². The van der Waals surface area contributed by atoms with Crippen molar-refractivity contribution in [1.29, 1.82) is 0 Å². The van der Waals surface area contributed by atoms with E-state index in [1.54, 1.807) is 0 Å². The molecule has 11 aromatic rings. The molecule has 0 fully saturated rings. The van der Waals surface area contributed by atoms with Gasteiger partial charge in [-0.05, 0) is 89.3 Å². The van der Waals surface area contributed by atoms with Crippen LogP contribution in [0.15, 0.2) is 176 Å². The van der Waals surface area contributed by atoms with E-state index in [2.05, 4.69) is 157 Å². The van der Waals surface area contributed by atoms with Gasteiger partial charge < -0.3 is 13.7 Å². The Morgan fingerprint density at radius 1 is 0.327 bits per heavy atom. The van der Waals surface area contributed by atoms with Crippen molar-refractivity contribution in [3.63, 3.8) is 0 Å². The molecule has 0 aliphatic rings. The lowest BCUT2D eigenvalue weighted by Gasteiger charge is -2.14. The van der Waals surface area contributed by atoms with Gasteiger partial charge in [-0.3, -0.25) is 0 Å². The van der Waals surface area contributed by atoms with Crippen molar-refractivity contribution in [2.24, 2.45) is 0 Å². The van der Waals surface area contributed by atoms with Crippen molar-refractivity contribution in [3.05, 3.63) is 199 Å². The Morgan fingerprint density at radius 3 is 1.44 bits per heavy atom. The number of para-hydroxylation sites is 4. The van der Waals surface area contributed by atoms with Crippen LogP contribution in [0, 0.1) is 13.1 Å². The molecule has 254 valence electrons. The monoisotopic (exact) mass is 699 g/mol. The summed E-state index contributed by atoms with van der Waals surface area (Å²) in [4.78, 5) is 7.66. The zero-order valence-corrected chi connectivity index (χ0v) is 29.5. The largest absolute Gasteiger partial charge is 0.319 e. The summed E-state index contributed by atoms with van der Waals surface area (Å²) < 4.78 is 6.91. The fraction of sp³-hybridized carbons (Fsp3) is 0. The van der Waals surface area contributed by atoms with Crippen LogP contribution in [-0.4, -0.2) is 13.7 Å². The van der Waals surface area contributed by atoms with Gasteiger partial charge in [0.05, 0.1) is 51.9 Å². The second-order valence-corrected chi connectivity index (χ2v) is 14.0. The third-order valence-electron chi connectivity index (χ3n) is 11.1. The molecule has 0 bridgehead atoms. The highest BCUT2D eigenvalue weighted by Gasteiger charge is 2.19. The van der Waals surface area contributed by atoms with E-state index in [9.17, 15) is 0 Å². The van der Waals surface area contributed by atoms with E-state index in [-0.39, 0.29) is 0 Å². The van der Waals surface area contributed by atoms with Crippen molar-refractivity contribution in [2.45, 2.75) is 0 Å². The average molecular weight is 700 g/mol. The Morgan fingerprint density at radius 2 is 0.818 bits per heavy atom. The molecule has 0 unspecified atom stereocenters. The topological polar surface area (TPSA) is 23.5 Å². The lowest BCUT2D eigenvalue weighted by molar-refractivity contribution is 1.16. The van der Waals surface area contributed by atoms with Gasteiger partial charge in [0.1, 0.15) is 0 Å². The molecule has 0 aliphatic carbocycles. The molecule has 0 N–H and O–H groups in total. The molecule has 0 atom stereocenters.